The van der Waals surface area contributed by atoms with E-state index in [4.69, 9.17) is 0 Å². The molecule has 3 heterocycles. The molecule has 1 aliphatic heterocycles. The summed E-state index contributed by atoms with van der Waals surface area (Å²) in [5, 5.41) is 6.29. The summed E-state index contributed by atoms with van der Waals surface area (Å²) >= 11 is 1.66. The maximum atomic E-state index is 12.5. The largest absolute Gasteiger partial charge is 0.338 e. The van der Waals surface area contributed by atoms with E-state index in [2.05, 4.69) is 10.00 Å². The van der Waals surface area contributed by atoms with Crippen molar-refractivity contribution in [3.63, 3.8) is 0 Å². The fraction of sp³-hybridized carbons (Fsp3) is 0.467. The van der Waals surface area contributed by atoms with Crippen molar-refractivity contribution in [3.8, 4) is 0 Å². The Morgan fingerprint density at radius 1 is 1.40 bits per heavy atom. The Balaban J connectivity index is 1.66. The molecule has 0 bridgehead atoms. The lowest BCUT2D eigenvalue weighted by atomic mass is 10.0. The second-order valence-electron chi connectivity index (χ2n) is 5.22. The summed E-state index contributed by atoms with van der Waals surface area (Å²) in [5.41, 5.74) is 0. The molecule has 106 valence electrons. The fourth-order valence-electron chi connectivity index (χ4n) is 2.81. The molecule has 2 aromatic heterocycles. The molecule has 4 nitrogen and oxygen atoms in total. The summed E-state index contributed by atoms with van der Waals surface area (Å²) in [6.07, 6.45) is 7.70. The second kappa shape index (κ2) is 6.22. The summed E-state index contributed by atoms with van der Waals surface area (Å²) < 4.78 is 1.93. The van der Waals surface area contributed by atoms with E-state index in [1.54, 1.807) is 17.5 Å². The van der Waals surface area contributed by atoms with Crippen molar-refractivity contribution in [2.75, 3.05) is 6.54 Å². The maximum Gasteiger partial charge on any atom is 0.228 e. The Hall–Kier alpha value is -1.62. The summed E-state index contributed by atoms with van der Waals surface area (Å²) in [6, 6.07) is 6.26. The van der Waals surface area contributed by atoms with Crippen LogP contribution in [0.2, 0.25) is 0 Å². The molecule has 1 aliphatic rings. The SMILES string of the molecule is O=C(Cc1cccs1)N1CCCC[C@@H]1Cn1cccn1. The first-order valence-corrected chi connectivity index (χ1v) is 8.00. The van der Waals surface area contributed by atoms with Crippen LogP contribution in [0.1, 0.15) is 24.1 Å². The second-order valence-corrected chi connectivity index (χ2v) is 6.25. The van der Waals surface area contributed by atoms with E-state index in [1.807, 2.05) is 34.5 Å². The van der Waals surface area contributed by atoms with Crippen LogP contribution in [0, 0.1) is 0 Å². The minimum Gasteiger partial charge on any atom is -0.338 e. The Bertz CT molecular complexity index is 535. The molecule has 0 N–H and O–H groups in total. The zero-order chi connectivity index (χ0) is 13.8. The lowest BCUT2D eigenvalue weighted by Gasteiger charge is -2.35. The zero-order valence-corrected chi connectivity index (χ0v) is 12.3. The molecule has 1 amide bonds. The molecule has 0 aromatic carbocycles. The van der Waals surface area contributed by atoms with Crippen molar-refractivity contribution in [1.29, 1.82) is 0 Å². The molecular formula is C15H19N3OS. The van der Waals surface area contributed by atoms with Gasteiger partial charge in [-0.1, -0.05) is 6.07 Å². The lowest BCUT2D eigenvalue weighted by Crippen LogP contribution is -2.46. The highest BCUT2D eigenvalue weighted by Gasteiger charge is 2.27. The van der Waals surface area contributed by atoms with E-state index in [0.29, 0.717) is 6.42 Å². The number of aromatic nitrogens is 2. The quantitative estimate of drug-likeness (QED) is 0.867. The molecular weight excluding hydrogens is 270 g/mol. The van der Waals surface area contributed by atoms with Crippen LogP contribution in [0.15, 0.2) is 36.0 Å². The number of thiophene rings is 1. The van der Waals surface area contributed by atoms with Gasteiger partial charge in [0.1, 0.15) is 0 Å². The van der Waals surface area contributed by atoms with Gasteiger partial charge in [0.25, 0.3) is 0 Å². The van der Waals surface area contributed by atoms with Crippen LogP contribution in [0.5, 0.6) is 0 Å². The normalized spacial score (nSPS) is 19.2. The number of carbonyl (C=O) groups excluding carboxylic acids is 1. The molecule has 1 saturated heterocycles. The van der Waals surface area contributed by atoms with E-state index in [1.165, 1.54) is 6.42 Å². The minimum atomic E-state index is 0.254. The van der Waals surface area contributed by atoms with Crippen molar-refractivity contribution >= 4 is 17.2 Å². The standard InChI is InChI=1S/C15H19N3OS/c19-15(11-14-6-3-10-20-14)18-9-2-1-5-13(18)12-17-8-4-7-16-17/h3-4,6-8,10,13H,1-2,5,9,11-12H2/t13-/m1/s1. The first-order chi connectivity index (χ1) is 9.83. The summed E-state index contributed by atoms with van der Waals surface area (Å²) in [4.78, 5) is 15.7. The third kappa shape index (κ3) is 3.10. The third-order valence-electron chi connectivity index (χ3n) is 3.81. The number of likely N-dealkylation sites (tertiary alicyclic amines) is 1. The van der Waals surface area contributed by atoms with Crippen LogP contribution >= 0.6 is 11.3 Å². The summed E-state index contributed by atoms with van der Waals surface area (Å²) in [7, 11) is 0. The molecule has 0 unspecified atom stereocenters. The Morgan fingerprint density at radius 3 is 3.10 bits per heavy atom. The molecule has 0 aliphatic carbocycles. The van der Waals surface area contributed by atoms with Gasteiger partial charge in [0.15, 0.2) is 0 Å². The molecule has 0 saturated carbocycles. The number of amides is 1. The van der Waals surface area contributed by atoms with Crippen molar-refractivity contribution in [2.45, 2.75) is 38.3 Å². The average molecular weight is 289 g/mol. The van der Waals surface area contributed by atoms with E-state index < -0.39 is 0 Å². The first kappa shape index (κ1) is 13.4. The molecule has 5 heteroatoms. The molecule has 2 aromatic rings. The van der Waals surface area contributed by atoms with E-state index in [0.717, 1.165) is 30.8 Å². The van der Waals surface area contributed by atoms with Gasteiger partial charge in [-0.15, -0.1) is 11.3 Å². The number of carbonyl (C=O) groups is 1. The highest BCUT2D eigenvalue weighted by Crippen LogP contribution is 2.20. The van der Waals surface area contributed by atoms with Gasteiger partial charge in [-0.05, 0) is 36.8 Å². The van der Waals surface area contributed by atoms with Gasteiger partial charge in [0.05, 0.1) is 19.0 Å². The van der Waals surface area contributed by atoms with Gasteiger partial charge in [-0.2, -0.15) is 5.10 Å². The van der Waals surface area contributed by atoms with E-state index in [9.17, 15) is 4.79 Å². The van der Waals surface area contributed by atoms with Gasteiger partial charge < -0.3 is 4.90 Å². The van der Waals surface area contributed by atoms with Gasteiger partial charge >= 0.3 is 0 Å². The van der Waals surface area contributed by atoms with Gasteiger partial charge in [-0.25, -0.2) is 0 Å². The molecule has 1 atom stereocenters. The van der Waals surface area contributed by atoms with Crippen molar-refractivity contribution in [3.05, 3.63) is 40.8 Å². The molecule has 1 fully saturated rings. The minimum absolute atomic E-state index is 0.254. The van der Waals surface area contributed by atoms with Crippen molar-refractivity contribution in [1.82, 2.24) is 14.7 Å². The lowest BCUT2D eigenvalue weighted by molar-refractivity contribution is -0.134. The van der Waals surface area contributed by atoms with Gasteiger partial charge in [-0.3, -0.25) is 9.48 Å². The predicted molar refractivity (Wildman–Crippen MR) is 79.6 cm³/mol. The number of rotatable bonds is 4. The highest BCUT2D eigenvalue weighted by molar-refractivity contribution is 7.10. The van der Waals surface area contributed by atoms with Gasteiger partial charge in [0, 0.05) is 23.8 Å². The number of hydrogen-bond acceptors (Lipinski definition) is 3. The molecule has 0 radical (unpaired) electrons. The fourth-order valence-corrected chi connectivity index (χ4v) is 3.50. The van der Waals surface area contributed by atoms with E-state index >= 15 is 0 Å². The average Bonchev–Trinajstić information content (AvgIpc) is 3.13. The van der Waals surface area contributed by atoms with Gasteiger partial charge in [0.2, 0.25) is 5.91 Å². The van der Waals surface area contributed by atoms with Crippen LogP contribution in [-0.2, 0) is 17.8 Å². The Morgan fingerprint density at radius 2 is 2.35 bits per heavy atom. The maximum absolute atomic E-state index is 12.5. The zero-order valence-electron chi connectivity index (χ0n) is 11.4. The third-order valence-corrected chi connectivity index (χ3v) is 4.69. The summed E-state index contributed by atoms with van der Waals surface area (Å²) in [5.74, 6) is 0.254. The monoisotopic (exact) mass is 289 g/mol. The highest BCUT2D eigenvalue weighted by atomic mass is 32.1. The Kier molecular flexibility index (Phi) is 4.16. The van der Waals surface area contributed by atoms with E-state index in [-0.39, 0.29) is 11.9 Å². The molecule has 20 heavy (non-hydrogen) atoms. The number of piperidine rings is 1. The van der Waals surface area contributed by atoms with Crippen LogP contribution in [0.25, 0.3) is 0 Å². The number of hydrogen-bond donors (Lipinski definition) is 0. The van der Waals surface area contributed by atoms with Crippen molar-refractivity contribution in [2.24, 2.45) is 0 Å². The number of nitrogens with zero attached hydrogens (tertiary/aromatic N) is 3. The smallest absolute Gasteiger partial charge is 0.228 e. The van der Waals surface area contributed by atoms with Crippen LogP contribution in [0.4, 0.5) is 0 Å². The predicted octanol–water partition coefficient (Wildman–Crippen LogP) is 2.57. The Labute approximate surface area is 123 Å². The molecule has 0 spiro atoms. The van der Waals surface area contributed by atoms with Crippen LogP contribution in [0.3, 0.4) is 0 Å². The van der Waals surface area contributed by atoms with Crippen LogP contribution in [-0.4, -0.2) is 33.2 Å². The van der Waals surface area contributed by atoms with Crippen molar-refractivity contribution < 1.29 is 4.79 Å². The van der Waals surface area contributed by atoms with Crippen LogP contribution < -0.4 is 0 Å². The summed E-state index contributed by atoms with van der Waals surface area (Å²) in [6.45, 7) is 1.69. The molecule has 3 rings (SSSR count). The first-order valence-electron chi connectivity index (χ1n) is 7.12. The topological polar surface area (TPSA) is 38.1 Å².